The summed E-state index contributed by atoms with van der Waals surface area (Å²) in [5.41, 5.74) is 3.05. The summed E-state index contributed by atoms with van der Waals surface area (Å²) in [6, 6.07) is 13.7. The van der Waals surface area contributed by atoms with Gasteiger partial charge in [-0.25, -0.2) is 9.78 Å². The largest absolute Gasteiger partial charge is 0.478 e. The summed E-state index contributed by atoms with van der Waals surface area (Å²) in [6.45, 7) is 4.06. The number of aromatic carboxylic acids is 1. The van der Waals surface area contributed by atoms with Crippen molar-refractivity contribution in [3.63, 3.8) is 0 Å². The fourth-order valence-electron chi connectivity index (χ4n) is 3.07. The van der Waals surface area contributed by atoms with E-state index in [9.17, 15) is 9.90 Å². The van der Waals surface area contributed by atoms with Crippen molar-refractivity contribution in [2.24, 2.45) is 0 Å². The number of rotatable bonds is 4. The standard InChI is InChI=1S/C18H18N2O2/c1-3-15-16(18(21)22)14-10-7-11-19-17(14)20(15)12(2)13-8-5-4-6-9-13/h4-12H,3H2,1-2H3,(H,21,22). The van der Waals surface area contributed by atoms with Crippen LogP contribution >= 0.6 is 0 Å². The van der Waals surface area contributed by atoms with Crippen molar-refractivity contribution in [1.82, 2.24) is 9.55 Å². The molecule has 0 radical (unpaired) electrons. The molecule has 0 spiro atoms. The topological polar surface area (TPSA) is 55.1 Å². The average Bonchev–Trinajstić information content (AvgIpc) is 2.89. The zero-order chi connectivity index (χ0) is 15.7. The van der Waals surface area contributed by atoms with Gasteiger partial charge in [-0.1, -0.05) is 37.3 Å². The van der Waals surface area contributed by atoms with Crippen molar-refractivity contribution in [3.8, 4) is 0 Å². The third-order valence-electron chi connectivity index (χ3n) is 4.08. The number of hydrogen-bond donors (Lipinski definition) is 1. The van der Waals surface area contributed by atoms with Crippen LogP contribution in [0.25, 0.3) is 11.0 Å². The van der Waals surface area contributed by atoms with E-state index in [2.05, 4.69) is 24.0 Å². The van der Waals surface area contributed by atoms with Crippen LogP contribution in [0.15, 0.2) is 48.7 Å². The van der Waals surface area contributed by atoms with Gasteiger partial charge in [0, 0.05) is 17.3 Å². The highest BCUT2D eigenvalue weighted by Gasteiger charge is 2.24. The maximum Gasteiger partial charge on any atom is 0.338 e. The number of aromatic nitrogens is 2. The van der Waals surface area contributed by atoms with Crippen LogP contribution in [0.5, 0.6) is 0 Å². The van der Waals surface area contributed by atoms with E-state index in [1.54, 1.807) is 12.3 Å². The zero-order valence-corrected chi connectivity index (χ0v) is 12.7. The van der Waals surface area contributed by atoms with Crippen LogP contribution in [-0.2, 0) is 6.42 Å². The van der Waals surface area contributed by atoms with Crippen LogP contribution in [0.3, 0.4) is 0 Å². The predicted molar refractivity (Wildman–Crippen MR) is 86.3 cm³/mol. The van der Waals surface area contributed by atoms with Gasteiger partial charge in [-0.15, -0.1) is 0 Å². The van der Waals surface area contributed by atoms with Gasteiger partial charge in [-0.2, -0.15) is 0 Å². The minimum absolute atomic E-state index is 0.0293. The number of fused-ring (bicyclic) bond motifs is 1. The first-order valence-electron chi connectivity index (χ1n) is 7.41. The summed E-state index contributed by atoms with van der Waals surface area (Å²) in [6.07, 6.45) is 2.36. The quantitative estimate of drug-likeness (QED) is 0.793. The Morgan fingerprint density at radius 2 is 1.95 bits per heavy atom. The number of hydrogen-bond acceptors (Lipinski definition) is 2. The van der Waals surface area contributed by atoms with Crippen LogP contribution in [0.4, 0.5) is 0 Å². The number of carboxylic acids is 1. The molecule has 0 fully saturated rings. The van der Waals surface area contributed by atoms with Gasteiger partial charge in [-0.05, 0) is 31.0 Å². The Morgan fingerprint density at radius 3 is 2.59 bits per heavy atom. The van der Waals surface area contributed by atoms with E-state index in [1.165, 1.54) is 0 Å². The summed E-state index contributed by atoms with van der Waals surface area (Å²) in [5.74, 6) is -0.895. The Balaban J connectivity index is 2.31. The lowest BCUT2D eigenvalue weighted by Gasteiger charge is -2.18. The van der Waals surface area contributed by atoms with Gasteiger partial charge in [0.1, 0.15) is 5.65 Å². The average molecular weight is 294 g/mol. The highest BCUT2D eigenvalue weighted by molar-refractivity contribution is 6.04. The molecule has 2 heterocycles. The Hall–Kier alpha value is -2.62. The maximum atomic E-state index is 11.7. The molecule has 1 aromatic carbocycles. The highest BCUT2D eigenvalue weighted by Crippen LogP contribution is 2.31. The first-order valence-corrected chi connectivity index (χ1v) is 7.41. The fraction of sp³-hybridized carbons (Fsp3) is 0.222. The second-order valence-corrected chi connectivity index (χ2v) is 5.31. The second-order valence-electron chi connectivity index (χ2n) is 5.31. The first-order chi connectivity index (χ1) is 10.6. The van der Waals surface area contributed by atoms with Gasteiger partial charge in [0.25, 0.3) is 0 Å². The normalized spacial score (nSPS) is 12.5. The molecule has 1 atom stereocenters. The van der Waals surface area contributed by atoms with Gasteiger partial charge >= 0.3 is 5.97 Å². The van der Waals surface area contributed by atoms with Crippen LogP contribution < -0.4 is 0 Å². The minimum Gasteiger partial charge on any atom is -0.478 e. The van der Waals surface area contributed by atoms with E-state index < -0.39 is 5.97 Å². The van der Waals surface area contributed by atoms with Crippen molar-refractivity contribution < 1.29 is 9.90 Å². The van der Waals surface area contributed by atoms with E-state index in [0.29, 0.717) is 17.4 Å². The lowest BCUT2D eigenvalue weighted by atomic mass is 10.1. The first kappa shape index (κ1) is 14.3. The molecule has 0 aliphatic rings. The minimum atomic E-state index is -0.895. The predicted octanol–water partition coefficient (Wildman–Crippen LogP) is 3.91. The number of benzene rings is 1. The molecule has 4 heteroatoms. The van der Waals surface area contributed by atoms with Crippen molar-refractivity contribution >= 4 is 17.0 Å². The molecule has 3 aromatic rings. The Bertz CT molecular complexity index is 822. The molecule has 1 N–H and O–H groups in total. The third-order valence-corrected chi connectivity index (χ3v) is 4.08. The molecule has 3 rings (SSSR count). The monoisotopic (exact) mass is 294 g/mol. The number of carboxylic acid groups (broad SMARTS) is 1. The lowest BCUT2D eigenvalue weighted by molar-refractivity contribution is 0.0697. The molecular weight excluding hydrogens is 276 g/mol. The number of nitrogens with zero attached hydrogens (tertiary/aromatic N) is 2. The zero-order valence-electron chi connectivity index (χ0n) is 12.7. The van der Waals surface area contributed by atoms with Gasteiger partial charge in [0.15, 0.2) is 0 Å². The molecule has 0 bridgehead atoms. The van der Waals surface area contributed by atoms with Gasteiger partial charge in [-0.3, -0.25) is 0 Å². The van der Waals surface area contributed by atoms with Crippen LogP contribution in [0.1, 0.15) is 41.5 Å². The third kappa shape index (κ3) is 2.17. The number of pyridine rings is 1. The molecule has 0 aliphatic carbocycles. The van der Waals surface area contributed by atoms with E-state index in [4.69, 9.17) is 0 Å². The fourth-order valence-corrected chi connectivity index (χ4v) is 3.07. The summed E-state index contributed by atoms with van der Waals surface area (Å²) in [7, 11) is 0. The summed E-state index contributed by atoms with van der Waals surface area (Å²) < 4.78 is 2.05. The molecular formula is C18H18N2O2. The van der Waals surface area contributed by atoms with Crippen molar-refractivity contribution in [3.05, 3.63) is 65.5 Å². The summed E-state index contributed by atoms with van der Waals surface area (Å²) in [4.78, 5) is 16.2. The van der Waals surface area contributed by atoms with Crippen LogP contribution in [0.2, 0.25) is 0 Å². The smallest absolute Gasteiger partial charge is 0.338 e. The van der Waals surface area contributed by atoms with E-state index in [0.717, 1.165) is 16.9 Å². The molecule has 1 unspecified atom stereocenters. The molecule has 0 amide bonds. The van der Waals surface area contributed by atoms with Crippen molar-refractivity contribution in [2.75, 3.05) is 0 Å². The highest BCUT2D eigenvalue weighted by atomic mass is 16.4. The Labute approximate surface area is 129 Å². The SMILES string of the molecule is CCc1c(C(=O)O)c2cccnc2n1C(C)c1ccccc1. The molecule has 112 valence electrons. The Morgan fingerprint density at radius 1 is 1.23 bits per heavy atom. The van der Waals surface area contributed by atoms with Crippen LogP contribution in [-0.4, -0.2) is 20.6 Å². The van der Waals surface area contributed by atoms with Gasteiger partial charge < -0.3 is 9.67 Å². The lowest BCUT2D eigenvalue weighted by Crippen LogP contribution is -2.12. The molecule has 0 saturated carbocycles. The van der Waals surface area contributed by atoms with E-state index in [-0.39, 0.29) is 6.04 Å². The van der Waals surface area contributed by atoms with Crippen LogP contribution in [0, 0.1) is 0 Å². The molecule has 0 saturated heterocycles. The van der Waals surface area contributed by atoms with Crippen molar-refractivity contribution in [1.29, 1.82) is 0 Å². The molecule has 22 heavy (non-hydrogen) atoms. The van der Waals surface area contributed by atoms with Gasteiger partial charge in [0.05, 0.1) is 11.6 Å². The van der Waals surface area contributed by atoms with Gasteiger partial charge in [0.2, 0.25) is 0 Å². The summed E-state index contributed by atoms with van der Waals surface area (Å²) in [5, 5.41) is 10.3. The van der Waals surface area contributed by atoms with E-state index >= 15 is 0 Å². The number of carbonyl (C=O) groups is 1. The Kier molecular flexibility index (Phi) is 3.67. The molecule has 2 aromatic heterocycles. The van der Waals surface area contributed by atoms with Crippen molar-refractivity contribution in [2.45, 2.75) is 26.3 Å². The van der Waals surface area contributed by atoms with E-state index in [1.807, 2.05) is 35.8 Å². The second kappa shape index (κ2) is 5.64. The molecule has 4 nitrogen and oxygen atoms in total. The summed E-state index contributed by atoms with van der Waals surface area (Å²) >= 11 is 0. The molecule has 0 aliphatic heterocycles. The maximum absolute atomic E-state index is 11.7.